The lowest BCUT2D eigenvalue weighted by Gasteiger charge is -2.38. The first-order valence-corrected chi connectivity index (χ1v) is 10.0. The number of allylic oxidation sites excluding steroid dienone is 1. The van der Waals surface area contributed by atoms with Crippen molar-refractivity contribution in [2.24, 2.45) is 5.92 Å². The Labute approximate surface area is 173 Å². The molecule has 0 radical (unpaired) electrons. The van der Waals surface area contributed by atoms with Gasteiger partial charge in [-0.25, -0.2) is 9.97 Å². The minimum Gasteiger partial charge on any atom is -0.346 e. The van der Waals surface area contributed by atoms with E-state index in [4.69, 9.17) is 5.26 Å². The summed E-state index contributed by atoms with van der Waals surface area (Å²) in [4.78, 5) is 40.6. The van der Waals surface area contributed by atoms with Gasteiger partial charge in [-0.05, 0) is 37.7 Å². The van der Waals surface area contributed by atoms with Gasteiger partial charge in [-0.15, -0.1) is 0 Å². The minimum absolute atomic E-state index is 0.0975. The van der Waals surface area contributed by atoms with Crippen LogP contribution in [0.4, 0.5) is 5.82 Å². The van der Waals surface area contributed by atoms with Crippen molar-refractivity contribution in [2.45, 2.75) is 38.1 Å². The van der Waals surface area contributed by atoms with Gasteiger partial charge in [-0.1, -0.05) is 6.08 Å². The lowest BCUT2D eigenvalue weighted by molar-refractivity contribution is -0.131. The van der Waals surface area contributed by atoms with Crippen molar-refractivity contribution in [1.29, 1.82) is 10.5 Å². The van der Waals surface area contributed by atoms with Crippen LogP contribution in [-0.4, -0.2) is 50.8 Å². The number of carbonyl (C=O) groups excluding carboxylic acids is 2. The smallest absolute Gasteiger partial charge is 0.270 e. The second kappa shape index (κ2) is 8.34. The molecule has 1 aliphatic carbocycles. The van der Waals surface area contributed by atoms with Crippen LogP contribution in [-0.2, 0) is 9.59 Å². The number of rotatable bonds is 5. The molecule has 1 aliphatic heterocycles. The number of hydrogen-bond donors (Lipinski definition) is 1. The van der Waals surface area contributed by atoms with Gasteiger partial charge in [0.05, 0.1) is 17.5 Å². The molecule has 30 heavy (non-hydrogen) atoms. The van der Waals surface area contributed by atoms with E-state index in [0.29, 0.717) is 42.8 Å². The van der Waals surface area contributed by atoms with E-state index in [9.17, 15) is 14.9 Å². The van der Waals surface area contributed by atoms with Crippen LogP contribution in [0.2, 0.25) is 0 Å². The molecule has 0 spiro atoms. The quantitative estimate of drug-likeness (QED) is 0.601. The Hall–Kier alpha value is -3.72. The van der Waals surface area contributed by atoms with Gasteiger partial charge in [0, 0.05) is 19.3 Å². The molecule has 9 nitrogen and oxygen atoms in total. The molecule has 1 saturated carbocycles. The molecule has 2 aliphatic rings. The molecule has 152 valence electrons. The molecule has 2 amide bonds. The Morgan fingerprint density at radius 3 is 2.87 bits per heavy atom. The first kappa shape index (κ1) is 19.6. The first-order valence-electron chi connectivity index (χ1n) is 10.0. The zero-order valence-electron chi connectivity index (χ0n) is 16.4. The van der Waals surface area contributed by atoms with Crippen LogP contribution in [0.1, 0.15) is 32.1 Å². The van der Waals surface area contributed by atoms with Crippen molar-refractivity contribution in [3.8, 4) is 12.1 Å². The fourth-order valence-corrected chi connectivity index (χ4v) is 3.84. The lowest BCUT2D eigenvalue weighted by Crippen LogP contribution is -2.52. The van der Waals surface area contributed by atoms with Gasteiger partial charge in [0.15, 0.2) is 0 Å². The summed E-state index contributed by atoms with van der Waals surface area (Å²) in [7, 11) is 0. The van der Waals surface area contributed by atoms with E-state index in [-0.39, 0.29) is 29.9 Å². The first-order chi connectivity index (χ1) is 14.6. The summed E-state index contributed by atoms with van der Waals surface area (Å²) >= 11 is 0. The molecule has 2 fully saturated rings. The molecule has 9 heteroatoms. The Balaban J connectivity index is 1.73. The number of fused-ring (bicyclic) bond motifs is 1. The largest absolute Gasteiger partial charge is 0.346 e. The second-order valence-electron chi connectivity index (χ2n) is 7.61. The standard InChI is InChI=1S/C21H21N7O2/c22-7-5-18(29)27-9-1-2-16(12-27)28(21(30)15(11-23)10-14-3-4-14)20-17-6-8-24-19(17)25-13-26-20/h6,8,10,13-14,16H,1-5,9,12H2,(H,24,25,26)/b15-10+/t16-/m1/s1. The van der Waals surface area contributed by atoms with Crippen molar-refractivity contribution < 1.29 is 9.59 Å². The Bertz CT molecular complexity index is 1090. The number of amides is 2. The molecule has 3 heterocycles. The number of hydrogen-bond acceptors (Lipinski definition) is 6. The van der Waals surface area contributed by atoms with Crippen molar-refractivity contribution in [3.63, 3.8) is 0 Å². The number of carbonyl (C=O) groups is 2. The average molecular weight is 403 g/mol. The maximum absolute atomic E-state index is 13.5. The maximum atomic E-state index is 13.5. The maximum Gasteiger partial charge on any atom is 0.270 e. The van der Waals surface area contributed by atoms with E-state index in [1.54, 1.807) is 28.1 Å². The van der Waals surface area contributed by atoms with Crippen molar-refractivity contribution in [1.82, 2.24) is 19.9 Å². The van der Waals surface area contributed by atoms with E-state index < -0.39 is 5.91 Å². The summed E-state index contributed by atoms with van der Waals surface area (Å²) < 4.78 is 0. The number of H-pyrrole nitrogens is 1. The number of piperidine rings is 1. The normalized spacial score (nSPS) is 19.2. The second-order valence-corrected chi connectivity index (χ2v) is 7.61. The van der Waals surface area contributed by atoms with E-state index in [0.717, 1.165) is 12.8 Å². The van der Waals surface area contributed by atoms with Crippen LogP contribution in [0.5, 0.6) is 0 Å². The predicted molar refractivity (Wildman–Crippen MR) is 108 cm³/mol. The number of likely N-dealkylation sites (tertiary alicyclic amines) is 1. The molecule has 0 unspecified atom stereocenters. The van der Waals surface area contributed by atoms with E-state index in [1.165, 1.54) is 6.33 Å². The van der Waals surface area contributed by atoms with Gasteiger partial charge in [0.25, 0.3) is 5.91 Å². The number of nitrogens with zero attached hydrogens (tertiary/aromatic N) is 6. The monoisotopic (exact) mass is 403 g/mol. The molecule has 0 bridgehead atoms. The van der Waals surface area contributed by atoms with Gasteiger partial charge < -0.3 is 9.88 Å². The molecule has 1 atom stereocenters. The molecular formula is C21H21N7O2. The molecule has 2 aromatic heterocycles. The van der Waals surface area contributed by atoms with Gasteiger partial charge in [0.1, 0.15) is 35.9 Å². The molecule has 1 saturated heterocycles. The number of nitrogens with one attached hydrogen (secondary N) is 1. The van der Waals surface area contributed by atoms with Gasteiger partial charge in [-0.2, -0.15) is 10.5 Å². The summed E-state index contributed by atoms with van der Waals surface area (Å²) in [6.45, 7) is 0.843. The molecular weight excluding hydrogens is 382 g/mol. The van der Waals surface area contributed by atoms with Crippen LogP contribution >= 0.6 is 0 Å². The summed E-state index contributed by atoms with van der Waals surface area (Å²) in [5.41, 5.74) is 0.691. The summed E-state index contributed by atoms with van der Waals surface area (Å²) in [6, 6.07) is 5.39. The number of anilines is 1. The van der Waals surface area contributed by atoms with Crippen LogP contribution in [0.15, 0.2) is 30.2 Å². The average Bonchev–Trinajstić information content (AvgIpc) is 3.45. The number of aromatic nitrogens is 3. The predicted octanol–water partition coefficient (Wildman–Crippen LogP) is 2.06. The fraction of sp³-hybridized carbons (Fsp3) is 0.429. The zero-order valence-corrected chi connectivity index (χ0v) is 16.4. The van der Waals surface area contributed by atoms with Crippen LogP contribution in [0.3, 0.4) is 0 Å². The Morgan fingerprint density at radius 2 is 2.13 bits per heavy atom. The topological polar surface area (TPSA) is 130 Å². The highest BCUT2D eigenvalue weighted by Gasteiger charge is 2.35. The fourth-order valence-electron chi connectivity index (χ4n) is 3.84. The third kappa shape index (κ3) is 3.87. The van der Waals surface area contributed by atoms with E-state index in [1.807, 2.05) is 6.07 Å². The van der Waals surface area contributed by atoms with Gasteiger partial charge in [0.2, 0.25) is 5.91 Å². The molecule has 2 aromatic rings. The summed E-state index contributed by atoms with van der Waals surface area (Å²) in [5, 5.41) is 19.2. The molecule has 4 rings (SSSR count). The van der Waals surface area contributed by atoms with Crippen molar-refractivity contribution in [3.05, 3.63) is 30.2 Å². The third-order valence-corrected chi connectivity index (χ3v) is 5.50. The summed E-state index contributed by atoms with van der Waals surface area (Å²) in [6.07, 6.45) is 7.98. The van der Waals surface area contributed by atoms with Gasteiger partial charge >= 0.3 is 0 Å². The number of nitriles is 2. The highest BCUT2D eigenvalue weighted by Crippen LogP contribution is 2.33. The van der Waals surface area contributed by atoms with Crippen molar-refractivity contribution >= 4 is 28.7 Å². The third-order valence-electron chi connectivity index (χ3n) is 5.50. The highest BCUT2D eigenvalue weighted by atomic mass is 16.2. The zero-order chi connectivity index (χ0) is 21.1. The van der Waals surface area contributed by atoms with Crippen LogP contribution < -0.4 is 4.90 Å². The number of aromatic amines is 1. The van der Waals surface area contributed by atoms with Gasteiger partial charge in [-0.3, -0.25) is 14.5 Å². The summed E-state index contributed by atoms with van der Waals surface area (Å²) in [5.74, 6) is 0.0225. The lowest BCUT2D eigenvalue weighted by atomic mass is 10.0. The van der Waals surface area contributed by atoms with E-state index in [2.05, 4.69) is 21.0 Å². The van der Waals surface area contributed by atoms with Crippen LogP contribution in [0, 0.1) is 28.6 Å². The minimum atomic E-state index is -0.412. The van der Waals surface area contributed by atoms with E-state index >= 15 is 0 Å². The Kier molecular flexibility index (Phi) is 5.44. The van der Waals surface area contributed by atoms with Crippen molar-refractivity contribution in [2.75, 3.05) is 18.0 Å². The SMILES string of the molecule is N#CCC(=O)N1CCC[C@@H](N(C(=O)/C(C#N)=C/C2CC2)c2ncnc3[nH]ccc23)C1. The molecule has 1 N–H and O–H groups in total. The highest BCUT2D eigenvalue weighted by molar-refractivity contribution is 6.11. The Morgan fingerprint density at radius 1 is 1.30 bits per heavy atom. The molecule has 0 aromatic carbocycles. The van der Waals surface area contributed by atoms with Crippen LogP contribution in [0.25, 0.3) is 11.0 Å².